The number of imidazole rings is 1. The molecule has 0 saturated heterocycles. The highest BCUT2D eigenvalue weighted by atomic mass is 16.5. The van der Waals surface area contributed by atoms with Gasteiger partial charge >= 0.3 is 0 Å². The van der Waals surface area contributed by atoms with E-state index in [9.17, 15) is 0 Å². The van der Waals surface area contributed by atoms with Crippen molar-refractivity contribution in [2.24, 2.45) is 0 Å². The van der Waals surface area contributed by atoms with Gasteiger partial charge in [0.1, 0.15) is 5.82 Å². The van der Waals surface area contributed by atoms with Gasteiger partial charge in [-0.3, -0.25) is 0 Å². The number of methoxy groups -OCH3 is 1. The van der Waals surface area contributed by atoms with Crippen molar-refractivity contribution in [3.05, 3.63) is 29.6 Å². The largest absolute Gasteiger partial charge is 0.385 e. The van der Waals surface area contributed by atoms with Crippen LogP contribution in [0.2, 0.25) is 0 Å². The zero-order valence-corrected chi connectivity index (χ0v) is 12.6. The monoisotopic (exact) mass is 271 g/mol. The number of aromatic nitrogens is 2. The highest BCUT2D eigenvalue weighted by Gasteiger charge is 2.21. The summed E-state index contributed by atoms with van der Waals surface area (Å²) in [6.45, 7) is 7.25. The molecule has 0 spiro atoms. The molecule has 0 unspecified atom stereocenters. The second-order valence-electron chi connectivity index (χ2n) is 5.95. The van der Waals surface area contributed by atoms with Gasteiger partial charge in [0.2, 0.25) is 0 Å². The average Bonchev–Trinajstić information content (AvgIpc) is 2.75. The lowest BCUT2D eigenvalue weighted by Crippen LogP contribution is -2.24. The van der Waals surface area contributed by atoms with Crippen LogP contribution in [0, 0.1) is 11.3 Å². The zero-order chi connectivity index (χ0) is 14.8. The van der Waals surface area contributed by atoms with Crippen molar-refractivity contribution in [3.8, 4) is 6.07 Å². The Morgan fingerprint density at radius 3 is 2.70 bits per heavy atom. The Balaban J connectivity index is 2.52. The van der Waals surface area contributed by atoms with Crippen molar-refractivity contribution >= 4 is 11.0 Å². The van der Waals surface area contributed by atoms with Crippen LogP contribution in [0.1, 0.15) is 38.6 Å². The Hall–Kier alpha value is -1.86. The van der Waals surface area contributed by atoms with Gasteiger partial charge in [0.25, 0.3) is 0 Å². The van der Waals surface area contributed by atoms with Crippen molar-refractivity contribution in [3.63, 3.8) is 0 Å². The maximum Gasteiger partial charge on any atom is 0.110 e. The number of aryl methyl sites for hydroxylation is 1. The average molecular weight is 271 g/mol. The first-order valence-electron chi connectivity index (χ1n) is 6.88. The predicted molar refractivity (Wildman–Crippen MR) is 79.6 cm³/mol. The van der Waals surface area contributed by atoms with Gasteiger partial charge in [-0.05, 0) is 45.4 Å². The molecule has 1 aromatic heterocycles. The summed E-state index contributed by atoms with van der Waals surface area (Å²) in [6.07, 6.45) is 1.82. The summed E-state index contributed by atoms with van der Waals surface area (Å²) in [6, 6.07) is 7.87. The molecule has 2 rings (SSSR count). The summed E-state index contributed by atoms with van der Waals surface area (Å²) in [5.41, 5.74) is 2.60. The van der Waals surface area contributed by atoms with Crippen molar-refractivity contribution in [2.75, 3.05) is 13.7 Å². The number of hydrogen-bond donors (Lipinski definition) is 0. The van der Waals surface area contributed by atoms with Crippen molar-refractivity contribution in [1.82, 2.24) is 9.55 Å². The summed E-state index contributed by atoms with van der Waals surface area (Å²) in [7, 11) is 1.71. The zero-order valence-electron chi connectivity index (χ0n) is 12.6. The molecule has 1 aromatic carbocycles. The molecular formula is C16H21N3O. The van der Waals surface area contributed by atoms with Gasteiger partial charge in [0.15, 0.2) is 0 Å². The van der Waals surface area contributed by atoms with Crippen LogP contribution in [-0.2, 0) is 16.7 Å². The molecule has 20 heavy (non-hydrogen) atoms. The van der Waals surface area contributed by atoms with Crippen molar-refractivity contribution < 1.29 is 4.74 Å². The molecule has 0 aliphatic heterocycles. The number of rotatable bonds is 4. The van der Waals surface area contributed by atoms with Gasteiger partial charge in [-0.25, -0.2) is 4.98 Å². The number of fused-ring (bicyclic) bond motifs is 1. The van der Waals surface area contributed by atoms with Crippen LogP contribution < -0.4 is 0 Å². The fourth-order valence-electron chi connectivity index (χ4n) is 2.49. The molecule has 0 N–H and O–H groups in total. The molecule has 2 aromatic rings. The third kappa shape index (κ3) is 2.83. The first-order valence-corrected chi connectivity index (χ1v) is 6.88. The van der Waals surface area contributed by atoms with Crippen molar-refractivity contribution in [1.29, 1.82) is 5.26 Å². The Kier molecular flexibility index (Phi) is 4.10. The second-order valence-corrected chi connectivity index (χ2v) is 5.95. The third-order valence-corrected chi connectivity index (χ3v) is 3.27. The Morgan fingerprint density at radius 1 is 1.35 bits per heavy atom. The van der Waals surface area contributed by atoms with Gasteiger partial charge in [-0.1, -0.05) is 0 Å². The number of ether oxygens (including phenoxy) is 1. The van der Waals surface area contributed by atoms with Crippen LogP contribution in [0.4, 0.5) is 0 Å². The van der Waals surface area contributed by atoms with Crippen LogP contribution in [0.25, 0.3) is 11.0 Å². The summed E-state index contributed by atoms with van der Waals surface area (Å²) < 4.78 is 7.38. The van der Waals surface area contributed by atoms with Gasteiger partial charge in [0, 0.05) is 25.7 Å². The molecule has 106 valence electrons. The summed E-state index contributed by atoms with van der Waals surface area (Å²) in [5, 5.41) is 9.01. The minimum Gasteiger partial charge on any atom is -0.385 e. The second kappa shape index (κ2) is 5.64. The van der Waals surface area contributed by atoms with Gasteiger partial charge < -0.3 is 9.30 Å². The maximum atomic E-state index is 9.01. The summed E-state index contributed by atoms with van der Waals surface area (Å²) in [4.78, 5) is 4.72. The van der Waals surface area contributed by atoms with Gasteiger partial charge in [-0.15, -0.1) is 0 Å². The maximum absolute atomic E-state index is 9.01. The lowest BCUT2D eigenvalue weighted by atomic mass is 10.1. The lowest BCUT2D eigenvalue weighted by molar-refractivity contribution is 0.194. The number of nitrogens with zero attached hydrogens (tertiary/aromatic N) is 3. The minimum absolute atomic E-state index is 0.0364. The predicted octanol–water partition coefficient (Wildman–Crippen LogP) is 3.24. The number of nitriles is 1. The van der Waals surface area contributed by atoms with Crippen LogP contribution in [0.15, 0.2) is 18.2 Å². The molecular weight excluding hydrogens is 250 g/mol. The van der Waals surface area contributed by atoms with Crippen LogP contribution >= 0.6 is 0 Å². The molecule has 0 radical (unpaired) electrons. The number of hydrogen-bond acceptors (Lipinski definition) is 3. The smallest absolute Gasteiger partial charge is 0.110 e. The minimum atomic E-state index is -0.0364. The van der Waals surface area contributed by atoms with Crippen molar-refractivity contribution in [2.45, 2.75) is 39.2 Å². The van der Waals surface area contributed by atoms with E-state index >= 15 is 0 Å². The highest BCUT2D eigenvalue weighted by molar-refractivity contribution is 5.78. The van der Waals surface area contributed by atoms with E-state index in [2.05, 4.69) is 31.4 Å². The Labute approximate surface area is 120 Å². The van der Waals surface area contributed by atoms with Crippen LogP contribution in [0.3, 0.4) is 0 Å². The summed E-state index contributed by atoms with van der Waals surface area (Å²) in [5.74, 6) is 1.06. The van der Waals surface area contributed by atoms with E-state index < -0.39 is 0 Å². The molecule has 0 amide bonds. The van der Waals surface area contributed by atoms with E-state index in [1.54, 1.807) is 7.11 Å². The molecule has 0 bridgehead atoms. The highest BCUT2D eigenvalue weighted by Crippen LogP contribution is 2.26. The SMILES string of the molecule is COCCCc1nc2cc(C#N)ccc2n1C(C)(C)C. The van der Waals surface area contributed by atoms with Gasteiger partial charge in [-0.2, -0.15) is 5.26 Å². The normalized spacial score (nSPS) is 11.8. The third-order valence-electron chi connectivity index (χ3n) is 3.27. The molecule has 0 aliphatic carbocycles. The molecule has 1 heterocycles. The van der Waals surface area contributed by atoms with Crippen LogP contribution in [0.5, 0.6) is 0 Å². The van der Waals surface area contributed by atoms with E-state index in [1.807, 2.05) is 18.2 Å². The molecule has 0 atom stereocenters. The van der Waals surface area contributed by atoms with E-state index in [4.69, 9.17) is 15.0 Å². The molecule has 4 heteroatoms. The quantitative estimate of drug-likeness (QED) is 0.802. The van der Waals surface area contributed by atoms with E-state index in [1.165, 1.54) is 0 Å². The first-order chi connectivity index (χ1) is 9.47. The van der Waals surface area contributed by atoms with E-state index in [0.29, 0.717) is 5.56 Å². The molecule has 0 saturated carbocycles. The van der Waals surface area contributed by atoms with E-state index in [0.717, 1.165) is 36.3 Å². The Morgan fingerprint density at radius 2 is 2.10 bits per heavy atom. The lowest BCUT2D eigenvalue weighted by Gasteiger charge is -2.24. The van der Waals surface area contributed by atoms with Crippen LogP contribution in [-0.4, -0.2) is 23.3 Å². The Bertz CT molecular complexity index is 644. The van der Waals surface area contributed by atoms with E-state index in [-0.39, 0.29) is 5.54 Å². The first kappa shape index (κ1) is 14.5. The standard InChI is InChI=1S/C16H21N3O/c1-16(2,3)19-14-8-7-12(11-17)10-13(14)18-15(19)6-5-9-20-4/h7-8,10H,5-6,9H2,1-4H3. The fourth-order valence-corrected chi connectivity index (χ4v) is 2.49. The summed E-state index contributed by atoms with van der Waals surface area (Å²) >= 11 is 0. The molecule has 0 aliphatic rings. The topological polar surface area (TPSA) is 50.8 Å². The molecule has 0 fully saturated rings. The fraction of sp³-hybridized carbons (Fsp3) is 0.500. The molecule has 4 nitrogen and oxygen atoms in total. The van der Waals surface area contributed by atoms with Gasteiger partial charge in [0.05, 0.1) is 22.7 Å². The number of benzene rings is 1.